The molecule has 5 nitrogen and oxygen atoms in total. The highest BCUT2D eigenvalue weighted by Crippen LogP contribution is 2.28. The van der Waals surface area contributed by atoms with Crippen molar-refractivity contribution >= 4 is 23.0 Å². The molecular formula is C19H22N2O3. The van der Waals surface area contributed by atoms with Gasteiger partial charge in [0.05, 0.1) is 0 Å². The average Bonchev–Trinajstić information content (AvgIpc) is 2.96. The van der Waals surface area contributed by atoms with E-state index >= 15 is 0 Å². The maximum absolute atomic E-state index is 12.2. The maximum atomic E-state index is 12.2. The Hall–Kier alpha value is -2.58. The van der Waals surface area contributed by atoms with E-state index in [0.29, 0.717) is 32.6 Å². The van der Waals surface area contributed by atoms with Crippen LogP contribution >= 0.6 is 0 Å². The summed E-state index contributed by atoms with van der Waals surface area (Å²) in [6.45, 7) is 5.63. The molecule has 2 aromatic rings. The molecule has 0 aliphatic heterocycles. The van der Waals surface area contributed by atoms with Crippen LogP contribution in [0.2, 0.25) is 0 Å². The van der Waals surface area contributed by atoms with Gasteiger partial charge in [0.2, 0.25) is 0 Å². The van der Waals surface area contributed by atoms with E-state index < -0.39 is 0 Å². The fourth-order valence-electron chi connectivity index (χ4n) is 2.45. The molecular weight excluding hydrogens is 304 g/mol. The fraction of sp³-hybridized carbons (Fsp3) is 0.368. The smallest absolute Gasteiger partial charge is 0.261 e. The second-order valence-electron chi connectivity index (χ2n) is 5.26. The summed E-state index contributed by atoms with van der Waals surface area (Å²) >= 11 is 0. The molecule has 0 unspecified atom stereocenters. The fourth-order valence-corrected chi connectivity index (χ4v) is 2.45. The molecule has 0 atom stereocenters. The molecule has 1 aromatic heterocycles. The summed E-state index contributed by atoms with van der Waals surface area (Å²) in [7, 11) is 0. The summed E-state index contributed by atoms with van der Waals surface area (Å²) in [5, 5.41) is 13.0. The predicted octanol–water partition coefficient (Wildman–Crippen LogP) is 3.44. The number of carbonyl (C=O) groups excluding carboxylic acids is 1. The van der Waals surface area contributed by atoms with Crippen molar-refractivity contribution in [2.75, 3.05) is 19.8 Å². The van der Waals surface area contributed by atoms with E-state index in [4.69, 9.17) is 9.15 Å². The monoisotopic (exact) mass is 326 g/mol. The second kappa shape index (κ2) is 8.90. The zero-order valence-electron chi connectivity index (χ0n) is 14.1. The van der Waals surface area contributed by atoms with Crippen LogP contribution in [0.25, 0.3) is 17.0 Å². The van der Waals surface area contributed by atoms with Crippen LogP contribution in [0.15, 0.2) is 34.3 Å². The Morgan fingerprint density at radius 1 is 1.38 bits per heavy atom. The zero-order chi connectivity index (χ0) is 17.4. The number of rotatable bonds is 8. The standard InChI is InChI=1S/C19H22N2O3/c1-3-17-16(15-8-5-6-9-18(15)24-17)12-14(13-20)19(22)21-10-7-11-23-4-2/h5-6,8-9,12H,3-4,7,10-11H2,1-2H3,(H,21,22)/b14-12+. The number of amides is 1. The highest BCUT2D eigenvalue weighted by molar-refractivity contribution is 6.04. The molecule has 0 fully saturated rings. The lowest BCUT2D eigenvalue weighted by atomic mass is 10.1. The summed E-state index contributed by atoms with van der Waals surface area (Å²) in [6, 6.07) is 9.60. The molecule has 0 spiro atoms. The van der Waals surface area contributed by atoms with Crippen molar-refractivity contribution in [3.63, 3.8) is 0 Å². The predicted molar refractivity (Wildman–Crippen MR) is 93.3 cm³/mol. The number of nitrogens with one attached hydrogen (secondary N) is 1. The number of aryl methyl sites for hydroxylation is 1. The van der Waals surface area contributed by atoms with Crippen molar-refractivity contribution in [3.8, 4) is 6.07 Å². The number of nitriles is 1. The molecule has 2 rings (SSSR count). The van der Waals surface area contributed by atoms with E-state index in [0.717, 1.165) is 22.3 Å². The lowest BCUT2D eigenvalue weighted by Crippen LogP contribution is -2.26. The van der Waals surface area contributed by atoms with Gasteiger partial charge in [0.15, 0.2) is 0 Å². The Bertz CT molecular complexity index is 769. The van der Waals surface area contributed by atoms with Crippen LogP contribution in [0.4, 0.5) is 0 Å². The summed E-state index contributed by atoms with van der Waals surface area (Å²) in [5.41, 5.74) is 1.64. The normalized spacial score (nSPS) is 11.5. The number of furan rings is 1. The highest BCUT2D eigenvalue weighted by Gasteiger charge is 2.14. The Balaban J connectivity index is 2.18. The Morgan fingerprint density at radius 3 is 2.88 bits per heavy atom. The Morgan fingerprint density at radius 2 is 2.17 bits per heavy atom. The minimum Gasteiger partial charge on any atom is -0.460 e. The number of hydrogen-bond acceptors (Lipinski definition) is 4. The van der Waals surface area contributed by atoms with E-state index in [1.807, 2.05) is 44.2 Å². The molecule has 0 saturated carbocycles. The number of hydrogen-bond donors (Lipinski definition) is 1. The third-order valence-electron chi connectivity index (χ3n) is 3.64. The van der Waals surface area contributed by atoms with Gasteiger partial charge >= 0.3 is 0 Å². The summed E-state index contributed by atoms with van der Waals surface area (Å²) in [5.74, 6) is 0.398. The van der Waals surface area contributed by atoms with Gasteiger partial charge < -0.3 is 14.5 Å². The van der Waals surface area contributed by atoms with Crippen LogP contribution in [0.1, 0.15) is 31.6 Å². The number of fused-ring (bicyclic) bond motifs is 1. The summed E-state index contributed by atoms with van der Waals surface area (Å²) in [6.07, 6.45) is 3.02. The largest absolute Gasteiger partial charge is 0.460 e. The molecule has 1 heterocycles. The van der Waals surface area contributed by atoms with Gasteiger partial charge in [-0.25, -0.2) is 0 Å². The highest BCUT2D eigenvalue weighted by atomic mass is 16.5. The van der Waals surface area contributed by atoms with E-state index in [9.17, 15) is 10.1 Å². The van der Waals surface area contributed by atoms with Gasteiger partial charge in [0, 0.05) is 37.1 Å². The molecule has 5 heteroatoms. The number of nitrogens with zero attached hydrogens (tertiary/aromatic N) is 1. The van der Waals surface area contributed by atoms with Crippen LogP contribution in [0.3, 0.4) is 0 Å². The van der Waals surface area contributed by atoms with Gasteiger partial charge in [0.1, 0.15) is 23.0 Å². The van der Waals surface area contributed by atoms with Gasteiger partial charge in [0.25, 0.3) is 5.91 Å². The summed E-state index contributed by atoms with van der Waals surface area (Å²) < 4.78 is 11.0. The molecule has 0 radical (unpaired) electrons. The molecule has 0 saturated heterocycles. The van der Waals surface area contributed by atoms with Gasteiger partial charge in [-0.15, -0.1) is 0 Å². The van der Waals surface area contributed by atoms with E-state index in [1.54, 1.807) is 6.08 Å². The number of ether oxygens (including phenoxy) is 1. The van der Waals surface area contributed by atoms with Gasteiger partial charge in [-0.2, -0.15) is 5.26 Å². The Kier molecular flexibility index (Phi) is 6.59. The van der Waals surface area contributed by atoms with Crippen molar-refractivity contribution < 1.29 is 13.9 Å². The van der Waals surface area contributed by atoms with Crippen molar-refractivity contribution in [3.05, 3.63) is 41.2 Å². The molecule has 0 aliphatic carbocycles. The molecule has 1 N–H and O–H groups in total. The quantitative estimate of drug-likeness (QED) is 0.458. The third kappa shape index (κ3) is 4.24. The van der Waals surface area contributed by atoms with Crippen LogP contribution < -0.4 is 5.32 Å². The first-order chi connectivity index (χ1) is 11.7. The minimum atomic E-state index is -0.374. The molecule has 126 valence electrons. The zero-order valence-corrected chi connectivity index (χ0v) is 14.1. The van der Waals surface area contributed by atoms with Crippen LogP contribution in [0, 0.1) is 11.3 Å². The molecule has 1 amide bonds. The van der Waals surface area contributed by atoms with E-state index in [1.165, 1.54) is 0 Å². The maximum Gasteiger partial charge on any atom is 0.261 e. The lowest BCUT2D eigenvalue weighted by molar-refractivity contribution is -0.117. The van der Waals surface area contributed by atoms with Crippen LogP contribution in [0.5, 0.6) is 0 Å². The molecule has 24 heavy (non-hydrogen) atoms. The van der Waals surface area contributed by atoms with Crippen LogP contribution in [-0.2, 0) is 16.0 Å². The summed E-state index contributed by atoms with van der Waals surface area (Å²) in [4.78, 5) is 12.2. The first-order valence-electron chi connectivity index (χ1n) is 8.19. The van der Waals surface area contributed by atoms with Crippen molar-refractivity contribution in [1.29, 1.82) is 5.26 Å². The van der Waals surface area contributed by atoms with Crippen LogP contribution in [-0.4, -0.2) is 25.7 Å². The van der Waals surface area contributed by atoms with Crippen molar-refractivity contribution in [2.24, 2.45) is 0 Å². The third-order valence-corrected chi connectivity index (χ3v) is 3.64. The average molecular weight is 326 g/mol. The molecule has 0 bridgehead atoms. The van der Waals surface area contributed by atoms with Gasteiger partial charge in [-0.1, -0.05) is 25.1 Å². The van der Waals surface area contributed by atoms with E-state index in [2.05, 4.69) is 5.32 Å². The number of benzene rings is 1. The van der Waals surface area contributed by atoms with Crippen molar-refractivity contribution in [1.82, 2.24) is 5.32 Å². The van der Waals surface area contributed by atoms with E-state index in [-0.39, 0.29) is 11.5 Å². The first-order valence-corrected chi connectivity index (χ1v) is 8.19. The minimum absolute atomic E-state index is 0.0765. The first kappa shape index (κ1) is 17.8. The number of para-hydroxylation sites is 1. The number of carbonyl (C=O) groups is 1. The molecule has 1 aromatic carbocycles. The Labute approximate surface area is 141 Å². The molecule has 0 aliphatic rings. The van der Waals surface area contributed by atoms with Gasteiger partial charge in [-0.05, 0) is 25.5 Å². The lowest BCUT2D eigenvalue weighted by Gasteiger charge is -2.04. The van der Waals surface area contributed by atoms with Gasteiger partial charge in [-0.3, -0.25) is 4.79 Å². The topological polar surface area (TPSA) is 75.3 Å². The second-order valence-corrected chi connectivity index (χ2v) is 5.26. The van der Waals surface area contributed by atoms with Crippen molar-refractivity contribution in [2.45, 2.75) is 26.7 Å². The SMILES string of the molecule is CCOCCCNC(=O)/C(C#N)=C/c1c(CC)oc2ccccc12.